The second-order valence-corrected chi connectivity index (χ2v) is 8.77. The molecule has 1 aromatic carbocycles. The van der Waals surface area contributed by atoms with Crippen LogP contribution in [0.5, 0.6) is 0 Å². The number of nitrogens with zero attached hydrogens (tertiary/aromatic N) is 5. The summed E-state index contributed by atoms with van der Waals surface area (Å²) in [4.78, 5) is 41.0. The molecule has 1 N–H and O–H groups in total. The molecule has 0 fully saturated rings. The van der Waals surface area contributed by atoms with Gasteiger partial charge < -0.3 is 9.88 Å². The maximum Gasteiger partial charge on any atom is 0.332 e. The number of sulfonamides is 1. The number of benzene rings is 1. The molecule has 0 spiro atoms. The third-order valence-corrected chi connectivity index (χ3v) is 6.24. The van der Waals surface area contributed by atoms with Gasteiger partial charge in [-0.25, -0.2) is 22.5 Å². The van der Waals surface area contributed by atoms with Crippen molar-refractivity contribution in [1.82, 2.24) is 23.0 Å². The number of fused-ring (bicyclic) bond motifs is 1. The summed E-state index contributed by atoms with van der Waals surface area (Å²) in [5.74, 6) is -0.486. The molecule has 154 valence electrons. The largest absolute Gasteiger partial charge is 0.332 e. The molecule has 29 heavy (non-hydrogen) atoms. The van der Waals surface area contributed by atoms with Gasteiger partial charge >= 0.3 is 5.69 Å². The molecule has 11 nitrogen and oxygen atoms in total. The molecule has 2 heterocycles. The number of hydrogen-bond donors (Lipinski definition) is 1. The monoisotopic (exact) mass is 420 g/mol. The molecule has 0 aliphatic carbocycles. The zero-order valence-electron chi connectivity index (χ0n) is 16.3. The van der Waals surface area contributed by atoms with Crippen molar-refractivity contribution in [3.63, 3.8) is 0 Å². The summed E-state index contributed by atoms with van der Waals surface area (Å²) in [5.41, 5.74) is -0.495. The smallest absolute Gasteiger partial charge is 0.324 e. The highest BCUT2D eigenvalue weighted by atomic mass is 32.2. The van der Waals surface area contributed by atoms with Crippen LogP contribution in [0, 0.1) is 0 Å². The number of rotatable bonds is 5. The Morgan fingerprint density at radius 3 is 2.52 bits per heavy atom. The van der Waals surface area contributed by atoms with Crippen LogP contribution < -0.4 is 16.6 Å². The average molecular weight is 420 g/mol. The van der Waals surface area contributed by atoms with Crippen LogP contribution in [-0.2, 0) is 35.5 Å². The van der Waals surface area contributed by atoms with Crippen LogP contribution in [0.2, 0.25) is 0 Å². The van der Waals surface area contributed by atoms with Crippen molar-refractivity contribution in [3.8, 4) is 0 Å². The van der Waals surface area contributed by atoms with Crippen molar-refractivity contribution < 1.29 is 13.2 Å². The second-order valence-electron chi connectivity index (χ2n) is 6.61. The lowest BCUT2D eigenvalue weighted by molar-refractivity contribution is -0.116. The lowest BCUT2D eigenvalue weighted by Crippen LogP contribution is -2.37. The molecule has 2 aromatic heterocycles. The molecule has 0 aliphatic rings. The van der Waals surface area contributed by atoms with Crippen molar-refractivity contribution in [2.24, 2.45) is 14.1 Å². The molecule has 0 radical (unpaired) electrons. The highest BCUT2D eigenvalue weighted by Crippen LogP contribution is 2.18. The molecule has 0 bridgehead atoms. The summed E-state index contributed by atoms with van der Waals surface area (Å²) in [6.45, 7) is -0.241. The number of aryl methyl sites for hydroxylation is 1. The Labute approximate surface area is 165 Å². The number of amides is 1. The van der Waals surface area contributed by atoms with Crippen molar-refractivity contribution in [2.75, 3.05) is 19.4 Å². The van der Waals surface area contributed by atoms with Gasteiger partial charge in [-0.15, -0.1) is 0 Å². The first-order valence-electron chi connectivity index (χ1n) is 8.47. The lowest BCUT2D eigenvalue weighted by atomic mass is 10.3. The summed E-state index contributed by atoms with van der Waals surface area (Å²) < 4.78 is 29.1. The van der Waals surface area contributed by atoms with E-state index in [9.17, 15) is 22.8 Å². The molecule has 3 aromatic rings. The average Bonchev–Trinajstić information content (AvgIpc) is 3.08. The SMILES string of the molecule is CN(C)S(=O)(=O)c1cccc(NC(=O)Cn2cnc3c2c(=O)n(C)c(=O)n3C)c1. The predicted octanol–water partition coefficient (Wildman–Crippen LogP) is -0.677. The fraction of sp³-hybridized carbons (Fsp3) is 0.294. The normalized spacial score (nSPS) is 11.9. The van der Waals surface area contributed by atoms with E-state index in [4.69, 9.17) is 0 Å². The van der Waals surface area contributed by atoms with Gasteiger partial charge in [0.25, 0.3) is 5.56 Å². The van der Waals surface area contributed by atoms with E-state index in [1.807, 2.05) is 0 Å². The quantitative estimate of drug-likeness (QED) is 0.583. The lowest BCUT2D eigenvalue weighted by Gasteiger charge is -2.13. The van der Waals surface area contributed by atoms with Gasteiger partial charge in [-0.3, -0.25) is 18.7 Å². The molecule has 0 saturated carbocycles. The van der Waals surface area contributed by atoms with Gasteiger partial charge in [0.1, 0.15) is 6.54 Å². The minimum atomic E-state index is -3.64. The number of aromatic nitrogens is 4. The number of nitrogens with one attached hydrogen (secondary N) is 1. The number of anilines is 1. The van der Waals surface area contributed by atoms with Gasteiger partial charge in [-0.1, -0.05) is 6.07 Å². The predicted molar refractivity (Wildman–Crippen MR) is 106 cm³/mol. The van der Waals surface area contributed by atoms with E-state index >= 15 is 0 Å². The molecular weight excluding hydrogens is 400 g/mol. The van der Waals surface area contributed by atoms with Crippen LogP contribution in [0.1, 0.15) is 0 Å². The first kappa shape index (κ1) is 20.5. The highest BCUT2D eigenvalue weighted by molar-refractivity contribution is 7.89. The topological polar surface area (TPSA) is 128 Å². The van der Waals surface area contributed by atoms with Crippen molar-refractivity contribution >= 4 is 32.8 Å². The third-order valence-electron chi connectivity index (χ3n) is 4.43. The van der Waals surface area contributed by atoms with Gasteiger partial charge in [0.05, 0.1) is 11.2 Å². The molecule has 0 saturated heterocycles. The second kappa shape index (κ2) is 7.29. The fourth-order valence-electron chi connectivity index (χ4n) is 2.82. The zero-order valence-corrected chi connectivity index (χ0v) is 17.1. The maximum absolute atomic E-state index is 12.5. The zero-order chi connectivity index (χ0) is 21.5. The maximum atomic E-state index is 12.5. The minimum Gasteiger partial charge on any atom is -0.324 e. The molecule has 1 amide bonds. The van der Waals surface area contributed by atoms with Gasteiger partial charge in [-0.05, 0) is 18.2 Å². The van der Waals surface area contributed by atoms with Crippen molar-refractivity contribution in [1.29, 1.82) is 0 Å². The summed E-state index contributed by atoms with van der Waals surface area (Å²) in [7, 11) is 2.02. The Morgan fingerprint density at radius 2 is 1.86 bits per heavy atom. The Kier molecular flexibility index (Phi) is 5.15. The van der Waals surface area contributed by atoms with E-state index in [1.54, 1.807) is 6.07 Å². The van der Waals surface area contributed by atoms with E-state index in [0.29, 0.717) is 5.69 Å². The number of hydrogen-bond acceptors (Lipinski definition) is 6. The van der Waals surface area contributed by atoms with E-state index in [0.717, 1.165) is 8.87 Å². The van der Waals surface area contributed by atoms with Gasteiger partial charge in [-0.2, -0.15) is 0 Å². The van der Waals surface area contributed by atoms with Crippen LogP contribution in [-0.4, -0.2) is 51.4 Å². The Hall–Kier alpha value is -3.25. The minimum absolute atomic E-state index is 0.0391. The molecule has 0 atom stereocenters. The summed E-state index contributed by atoms with van der Waals surface area (Å²) in [6, 6.07) is 5.85. The molecule has 0 aliphatic heterocycles. The summed E-state index contributed by atoms with van der Waals surface area (Å²) >= 11 is 0. The van der Waals surface area contributed by atoms with Crippen LogP contribution in [0.4, 0.5) is 5.69 Å². The van der Waals surface area contributed by atoms with Crippen LogP contribution in [0.25, 0.3) is 11.2 Å². The van der Waals surface area contributed by atoms with Gasteiger partial charge in [0, 0.05) is 33.9 Å². The fourth-order valence-corrected chi connectivity index (χ4v) is 3.77. The number of carbonyl (C=O) groups is 1. The van der Waals surface area contributed by atoms with Crippen LogP contribution >= 0.6 is 0 Å². The molecule has 3 rings (SSSR count). The first-order chi connectivity index (χ1) is 13.5. The molecule has 12 heteroatoms. The van der Waals surface area contributed by atoms with Gasteiger partial charge in [0.15, 0.2) is 11.2 Å². The number of imidazole rings is 1. The van der Waals surface area contributed by atoms with Crippen LogP contribution in [0.3, 0.4) is 0 Å². The van der Waals surface area contributed by atoms with Crippen molar-refractivity contribution in [3.05, 3.63) is 51.4 Å². The highest BCUT2D eigenvalue weighted by Gasteiger charge is 2.19. The Bertz CT molecular complexity index is 1330. The van der Waals surface area contributed by atoms with E-state index in [-0.39, 0.29) is 22.6 Å². The van der Waals surface area contributed by atoms with E-state index in [1.165, 1.54) is 61.9 Å². The summed E-state index contributed by atoms with van der Waals surface area (Å²) in [6.07, 6.45) is 1.30. The van der Waals surface area contributed by atoms with Crippen molar-refractivity contribution in [2.45, 2.75) is 11.4 Å². The van der Waals surface area contributed by atoms with Gasteiger partial charge in [0.2, 0.25) is 15.9 Å². The molecular formula is C17H20N6O5S. The third kappa shape index (κ3) is 3.59. The van der Waals surface area contributed by atoms with E-state index in [2.05, 4.69) is 10.3 Å². The summed E-state index contributed by atoms with van der Waals surface area (Å²) in [5, 5.41) is 2.61. The first-order valence-corrected chi connectivity index (χ1v) is 9.91. The number of carbonyl (C=O) groups excluding carboxylic acids is 1. The standard InChI is InChI=1S/C17H20N6O5S/c1-20(2)29(27,28)12-7-5-6-11(8-12)19-13(24)9-23-10-18-15-14(23)16(25)22(4)17(26)21(15)3/h5-8,10H,9H2,1-4H3,(H,19,24). The van der Waals surface area contributed by atoms with E-state index < -0.39 is 27.2 Å². The van der Waals surface area contributed by atoms with Crippen LogP contribution in [0.15, 0.2) is 45.1 Å². The Morgan fingerprint density at radius 1 is 1.17 bits per heavy atom. The molecule has 0 unspecified atom stereocenters. The Balaban J connectivity index is 1.90.